The first-order valence-electron chi connectivity index (χ1n) is 11.8. The number of nitrogens with zero attached hydrogens (tertiary/aromatic N) is 1. The summed E-state index contributed by atoms with van der Waals surface area (Å²) in [4.78, 5) is 1.62. The summed E-state index contributed by atoms with van der Waals surface area (Å²) in [5.74, 6) is 0. The van der Waals surface area contributed by atoms with Crippen LogP contribution in [0.4, 0.5) is 5.69 Å². The number of hydrogen-bond acceptors (Lipinski definition) is 6. The Hall–Kier alpha value is -1.07. The fraction of sp³-hybridized carbons (Fsp3) is 0.600. The Labute approximate surface area is 211 Å². The van der Waals surface area contributed by atoms with Crippen molar-refractivity contribution in [1.29, 1.82) is 0 Å². The molecule has 2 aromatic carbocycles. The van der Waals surface area contributed by atoms with Gasteiger partial charge in [0.2, 0.25) is 0 Å². The van der Waals surface area contributed by atoms with E-state index in [0.717, 1.165) is 12.8 Å². The molecule has 2 rings (SSSR count). The van der Waals surface area contributed by atoms with Crippen LogP contribution in [0.5, 0.6) is 0 Å². The summed E-state index contributed by atoms with van der Waals surface area (Å²) in [5.41, 5.74) is 0.698. The average molecular weight is 472 g/mol. The molecule has 0 aromatic heterocycles. The van der Waals surface area contributed by atoms with Crippen LogP contribution >= 0.6 is 0 Å². The Morgan fingerprint density at radius 3 is 2.06 bits per heavy atom. The zero-order valence-electron chi connectivity index (χ0n) is 20.4. The van der Waals surface area contributed by atoms with Crippen molar-refractivity contribution < 1.29 is 42.0 Å². The molecule has 0 aliphatic carbocycles. The van der Waals surface area contributed by atoms with Gasteiger partial charge in [-0.1, -0.05) is 82.6 Å². The molecule has 0 fully saturated rings. The first-order chi connectivity index (χ1) is 15.2. The van der Waals surface area contributed by atoms with Gasteiger partial charge in [-0.05, 0) is 25.5 Å². The van der Waals surface area contributed by atoms with Gasteiger partial charge in [-0.2, -0.15) is 0 Å². The molecule has 6 nitrogen and oxygen atoms in total. The molecule has 33 heavy (non-hydrogen) atoms. The van der Waals surface area contributed by atoms with Gasteiger partial charge < -0.3 is 19.7 Å². The molecule has 180 valence electrons. The normalized spacial score (nSPS) is 13.5. The van der Waals surface area contributed by atoms with Crippen LogP contribution < -0.4 is 23.8 Å². The van der Waals surface area contributed by atoms with Crippen molar-refractivity contribution in [3.05, 3.63) is 36.4 Å². The molecular weight excluding hydrogens is 433 g/mol. The molecule has 0 aliphatic rings. The first-order valence-corrected chi connectivity index (χ1v) is 13.2. The average Bonchev–Trinajstić information content (AvgIpc) is 2.73. The van der Waals surface area contributed by atoms with Crippen molar-refractivity contribution in [2.24, 2.45) is 0 Å². The van der Waals surface area contributed by atoms with Gasteiger partial charge in [0.05, 0.1) is 17.1 Å². The van der Waals surface area contributed by atoms with Crippen LogP contribution in [0.1, 0.15) is 71.6 Å². The predicted octanol–water partition coefficient (Wildman–Crippen LogP) is 1.83. The van der Waals surface area contributed by atoms with E-state index in [1.165, 1.54) is 44.6 Å². The minimum atomic E-state index is -4.61. The van der Waals surface area contributed by atoms with Crippen molar-refractivity contribution in [1.82, 2.24) is 0 Å². The van der Waals surface area contributed by atoms with Crippen LogP contribution in [-0.2, 0) is 10.1 Å². The van der Waals surface area contributed by atoms with Crippen LogP contribution in [0.25, 0.3) is 10.8 Å². The SMILES string of the molecule is CCCCCCCCCCC(O)CN(CC(C)O)c1cccc2c(S(=O)(=O)[O-])cccc12.[Li+]. The zero-order valence-corrected chi connectivity index (χ0v) is 21.2. The van der Waals surface area contributed by atoms with E-state index in [9.17, 15) is 23.2 Å². The van der Waals surface area contributed by atoms with Crippen molar-refractivity contribution >= 4 is 26.6 Å². The Morgan fingerprint density at radius 1 is 0.879 bits per heavy atom. The largest absolute Gasteiger partial charge is 1.00 e. The summed E-state index contributed by atoms with van der Waals surface area (Å²) in [7, 11) is -4.61. The van der Waals surface area contributed by atoms with E-state index in [1.807, 2.05) is 11.0 Å². The molecular formula is C25H38LiNO5S. The predicted molar refractivity (Wildman–Crippen MR) is 129 cm³/mol. The van der Waals surface area contributed by atoms with Crippen molar-refractivity contribution in [2.75, 3.05) is 18.0 Å². The maximum absolute atomic E-state index is 11.7. The van der Waals surface area contributed by atoms with E-state index >= 15 is 0 Å². The van der Waals surface area contributed by atoms with E-state index in [2.05, 4.69) is 6.92 Å². The van der Waals surface area contributed by atoms with Gasteiger partial charge in [0, 0.05) is 29.5 Å². The molecule has 0 spiro atoms. The Kier molecular flexibility index (Phi) is 13.6. The fourth-order valence-electron chi connectivity index (χ4n) is 4.21. The van der Waals surface area contributed by atoms with Gasteiger partial charge in [-0.15, -0.1) is 0 Å². The molecule has 0 bridgehead atoms. The molecule has 2 aromatic rings. The number of hydrogen-bond donors (Lipinski definition) is 2. The summed E-state index contributed by atoms with van der Waals surface area (Å²) in [6.45, 7) is 4.51. The second kappa shape index (κ2) is 15.0. The number of benzene rings is 2. The van der Waals surface area contributed by atoms with E-state index in [0.29, 0.717) is 36.0 Å². The summed E-state index contributed by atoms with van der Waals surface area (Å²) >= 11 is 0. The Bertz CT molecular complexity index is 936. The summed E-state index contributed by atoms with van der Waals surface area (Å²) in [5, 5.41) is 21.6. The van der Waals surface area contributed by atoms with Crippen LogP contribution in [0.3, 0.4) is 0 Å². The third kappa shape index (κ3) is 9.98. The monoisotopic (exact) mass is 471 g/mol. The number of aliphatic hydroxyl groups excluding tert-OH is 2. The van der Waals surface area contributed by atoms with Gasteiger partial charge in [-0.25, -0.2) is 8.42 Å². The van der Waals surface area contributed by atoms with Crippen LogP contribution in [0, 0.1) is 0 Å². The van der Waals surface area contributed by atoms with Gasteiger partial charge in [0.15, 0.2) is 0 Å². The summed E-state index contributed by atoms with van der Waals surface area (Å²) in [6, 6.07) is 9.76. The van der Waals surface area contributed by atoms with Crippen LogP contribution in [0.2, 0.25) is 0 Å². The Balaban J connectivity index is 0.00000544. The van der Waals surface area contributed by atoms with Crippen LogP contribution in [-0.4, -0.2) is 48.5 Å². The number of fused-ring (bicyclic) bond motifs is 1. The molecule has 0 saturated heterocycles. The van der Waals surface area contributed by atoms with E-state index in [1.54, 1.807) is 31.2 Å². The number of aliphatic hydroxyl groups is 2. The minimum absolute atomic E-state index is 0. The van der Waals surface area contributed by atoms with Gasteiger partial charge in [-0.3, -0.25) is 0 Å². The molecule has 0 aliphatic heterocycles. The third-order valence-electron chi connectivity index (χ3n) is 5.78. The topological polar surface area (TPSA) is 101 Å². The van der Waals surface area contributed by atoms with Crippen molar-refractivity contribution in [2.45, 2.75) is 88.7 Å². The molecule has 0 radical (unpaired) electrons. The Morgan fingerprint density at radius 2 is 1.45 bits per heavy atom. The first kappa shape index (κ1) is 30.0. The van der Waals surface area contributed by atoms with E-state index < -0.39 is 22.3 Å². The van der Waals surface area contributed by atoms with E-state index in [4.69, 9.17) is 0 Å². The summed E-state index contributed by atoms with van der Waals surface area (Å²) in [6.07, 6.45) is 9.08. The van der Waals surface area contributed by atoms with E-state index in [-0.39, 0.29) is 23.8 Å². The molecule has 2 N–H and O–H groups in total. The smallest absolute Gasteiger partial charge is 0.744 e. The quantitative estimate of drug-likeness (QED) is 0.234. The van der Waals surface area contributed by atoms with Gasteiger partial charge in [0.25, 0.3) is 0 Å². The molecule has 0 amide bonds. The van der Waals surface area contributed by atoms with Gasteiger partial charge in [0.1, 0.15) is 10.1 Å². The summed E-state index contributed by atoms with van der Waals surface area (Å²) < 4.78 is 35.0. The van der Waals surface area contributed by atoms with Crippen LogP contribution in [0.15, 0.2) is 41.3 Å². The van der Waals surface area contributed by atoms with Gasteiger partial charge >= 0.3 is 18.9 Å². The minimum Gasteiger partial charge on any atom is -0.744 e. The number of anilines is 1. The third-order valence-corrected chi connectivity index (χ3v) is 6.67. The molecule has 8 heteroatoms. The maximum Gasteiger partial charge on any atom is 1.00 e. The molecule has 0 heterocycles. The second-order valence-corrected chi connectivity index (χ2v) is 10.1. The van der Waals surface area contributed by atoms with Crippen molar-refractivity contribution in [3.63, 3.8) is 0 Å². The standard InChI is InChI=1S/C25H39NO5S.Li/c1-3-4-5-6-7-8-9-10-13-21(28)19-26(18-20(2)27)24-16-11-15-23-22(24)14-12-17-25(23)32(29,30)31;/h11-12,14-17,20-21,27-28H,3-10,13,18-19H2,1-2H3,(H,29,30,31);/q;+1/p-1. The molecule has 2 unspecified atom stereocenters. The number of rotatable bonds is 15. The number of unbranched alkanes of at least 4 members (excludes halogenated alkanes) is 7. The fourth-order valence-corrected chi connectivity index (χ4v) is 4.90. The maximum atomic E-state index is 11.7. The van der Waals surface area contributed by atoms with Crippen molar-refractivity contribution in [3.8, 4) is 0 Å². The molecule has 0 saturated carbocycles. The second-order valence-electron chi connectivity index (χ2n) is 8.75. The zero-order chi connectivity index (χ0) is 23.6. The molecule has 2 atom stereocenters.